The molecule has 0 bridgehead atoms. The molecule has 1 heterocycles. The molecule has 2 rings (SSSR count). The number of rotatable bonds is 6. The van der Waals surface area contributed by atoms with E-state index in [4.69, 9.17) is 11.6 Å². The highest BCUT2D eigenvalue weighted by Gasteiger charge is 2.10. The normalized spacial score (nSPS) is 10.8. The van der Waals surface area contributed by atoms with E-state index in [1.165, 1.54) is 6.92 Å². The second-order valence-electron chi connectivity index (χ2n) is 4.87. The largest absolute Gasteiger partial charge is 0.385 e. The molecule has 0 unspecified atom stereocenters. The summed E-state index contributed by atoms with van der Waals surface area (Å²) >= 11 is 6.85. The van der Waals surface area contributed by atoms with Crippen LogP contribution in [0.15, 0.2) is 22.4 Å². The lowest BCUT2D eigenvalue weighted by Gasteiger charge is -2.12. The van der Waals surface area contributed by atoms with Crippen LogP contribution in [0.2, 0.25) is 5.15 Å². The molecule has 0 saturated carbocycles. The van der Waals surface area contributed by atoms with Gasteiger partial charge in [-0.3, -0.25) is 9.59 Å². The molecule has 0 atom stereocenters. The molecule has 1 amide bonds. The van der Waals surface area contributed by atoms with E-state index in [0.717, 1.165) is 29.1 Å². The first-order chi connectivity index (χ1) is 11.4. The highest BCUT2D eigenvalue weighted by molar-refractivity contribution is 7.17. The number of hydrogen-bond donors (Lipinski definition) is 2. The Kier molecular flexibility index (Phi) is 5.99. The predicted molar refractivity (Wildman–Crippen MR) is 96.3 cm³/mol. The summed E-state index contributed by atoms with van der Waals surface area (Å²) in [6.07, 6.45) is 0.622. The fourth-order valence-corrected chi connectivity index (χ4v) is 2.84. The molecule has 0 spiro atoms. The predicted octanol–water partition coefficient (Wildman–Crippen LogP) is 4.72. The van der Waals surface area contributed by atoms with Gasteiger partial charge in [-0.2, -0.15) is 0 Å². The van der Waals surface area contributed by atoms with E-state index in [2.05, 4.69) is 25.8 Å². The van der Waals surface area contributed by atoms with Crippen LogP contribution in [0.5, 0.6) is 0 Å². The third-order valence-electron chi connectivity index (χ3n) is 2.97. The number of aromatic nitrogens is 1. The van der Waals surface area contributed by atoms with E-state index in [1.54, 1.807) is 6.07 Å². The van der Waals surface area contributed by atoms with Gasteiger partial charge in [0.05, 0.1) is 5.69 Å². The first-order valence-electron chi connectivity index (χ1n) is 7.14. The highest BCUT2D eigenvalue weighted by atomic mass is 35.5. The van der Waals surface area contributed by atoms with Gasteiger partial charge in [-0.1, -0.05) is 22.9 Å². The van der Waals surface area contributed by atoms with Crippen molar-refractivity contribution in [1.82, 2.24) is 4.98 Å². The summed E-state index contributed by atoms with van der Waals surface area (Å²) in [5.74, 6) is -0.210. The Hall–Kier alpha value is -2.32. The molecule has 0 aliphatic heterocycles. The standard InChI is InChI=1S/C15H16ClN5O2S/c1-4-17-10-6-11(18-9(3)23)12(5-8(10)2)20-21-15-19-14(16)13(7-22)24-15/h5-7,17H,4H2,1-3H3,(H,18,23). The fraction of sp³-hybridized carbons (Fsp3) is 0.267. The number of aryl methyl sites for hydroxylation is 1. The summed E-state index contributed by atoms with van der Waals surface area (Å²) in [6, 6.07) is 3.61. The van der Waals surface area contributed by atoms with Crippen molar-refractivity contribution in [2.24, 2.45) is 10.2 Å². The molecule has 2 N–H and O–H groups in total. The van der Waals surface area contributed by atoms with E-state index in [1.807, 2.05) is 19.9 Å². The molecular formula is C15H16ClN5O2S. The topological polar surface area (TPSA) is 95.8 Å². The maximum Gasteiger partial charge on any atom is 0.232 e. The summed E-state index contributed by atoms with van der Waals surface area (Å²) in [4.78, 5) is 26.5. The number of amides is 1. The first kappa shape index (κ1) is 18.0. The average molecular weight is 366 g/mol. The van der Waals surface area contributed by atoms with E-state index < -0.39 is 0 Å². The van der Waals surface area contributed by atoms with Gasteiger partial charge >= 0.3 is 0 Å². The highest BCUT2D eigenvalue weighted by Crippen LogP contribution is 2.34. The fourth-order valence-electron chi connectivity index (χ4n) is 1.96. The molecule has 2 aromatic rings. The van der Waals surface area contributed by atoms with Crippen molar-refractivity contribution in [2.75, 3.05) is 17.2 Å². The number of halogens is 1. The maximum atomic E-state index is 11.4. The Balaban J connectivity index is 2.39. The lowest BCUT2D eigenvalue weighted by molar-refractivity contribution is -0.114. The lowest BCUT2D eigenvalue weighted by Crippen LogP contribution is -2.07. The molecule has 24 heavy (non-hydrogen) atoms. The van der Waals surface area contributed by atoms with Crippen LogP contribution in [0.1, 0.15) is 29.1 Å². The maximum absolute atomic E-state index is 11.4. The zero-order chi connectivity index (χ0) is 17.7. The van der Waals surface area contributed by atoms with E-state index in [-0.39, 0.29) is 16.2 Å². The molecule has 0 radical (unpaired) electrons. The zero-order valence-electron chi connectivity index (χ0n) is 13.4. The zero-order valence-corrected chi connectivity index (χ0v) is 15.0. The van der Waals surface area contributed by atoms with Crippen molar-refractivity contribution < 1.29 is 9.59 Å². The molecule has 1 aromatic carbocycles. The van der Waals surface area contributed by atoms with Crippen LogP contribution in [0.3, 0.4) is 0 Å². The summed E-state index contributed by atoms with van der Waals surface area (Å²) in [6.45, 7) is 6.10. The minimum absolute atomic E-state index is 0.102. The molecular weight excluding hydrogens is 350 g/mol. The van der Waals surface area contributed by atoms with Gasteiger partial charge in [-0.25, -0.2) is 4.98 Å². The van der Waals surface area contributed by atoms with Crippen molar-refractivity contribution in [2.45, 2.75) is 20.8 Å². The SMILES string of the molecule is CCNc1cc(NC(C)=O)c(N=Nc2nc(Cl)c(C=O)s2)cc1C. The van der Waals surface area contributed by atoms with Gasteiger partial charge in [0.25, 0.3) is 0 Å². The van der Waals surface area contributed by atoms with Crippen LogP contribution >= 0.6 is 22.9 Å². The third kappa shape index (κ3) is 4.36. The Morgan fingerprint density at radius 2 is 2.12 bits per heavy atom. The second-order valence-corrected chi connectivity index (χ2v) is 6.23. The van der Waals surface area contributed by atoms with E-state index in [0.29, 0.717) is 22.5 Å². The Morgan fingerprint density at radius 1 is 1.38 bits per heavy atom. The molecule has 126 valence electrons. The van der Waals surface area contributed by atoms with Crippen LogP contribution in [0.25, 0.3) is 0 Å². The van der Waals surface area contributed by atoms with Gasteiger partial charge in [-0.05, 0) is 31.5 Å². The Bertz CT molecular complexity index is 803. The van der Waals surface area contributed by atoms with Gasteiger partial charge < -0.3 is 10.6 Å². The number of thiazole rings is 1. The van der Waals surface area contributed by atoms with Crippen molar-refractivity contribution in [3.8, 4) is 0 Å². The molecule has 0 aliphatic carbocycles. The number of aldehydes is 1. The van der Waals surface area contributed by atoms with Crippen LogP contribution in [-0.2, 0) is 4.79 Å². The minimum Gasteiger partial charge on any atom is -0.385 e. The molecule has 0 saturated heterocycles. The quantitative estimate of drug-likeness (QED) is 0.571. The average Bonchev–Trinajstić information content (AvgIpc) is 2.88. The number of nitrogens with zero attached hydrogens (tertiary/aromatic N) is 3. The summed E-state index contributed by atoms with van der Waals surface area (Å²) in [5, 5.41) is 14.5. The van der Waals surface area contributed by atoms with Crippen molar-refractivity contribution in [3.05, 3.63) is 27.7 Å². The number of azo groups is 1. The molecule has 0 fully saturated rings. The van der Waals surface area contributed by atoms with Gasteiger partial charge in [0, 0.05) is 19.2 Å². The second kappa shape index (κ2) is 7.98. The van der Waals surface area contributed by atoms with Crippen LogP contribution in [0, 0.1) is 6.92 Å². The Morgan fingerprint density at radius 3 is 2.71 bits per heavy atom. The van der Waals surface area contributed by atoms with Crippen molar-refractivity contribution in [3.63, 3.8) is 0 Å². The molecule has 1 aromatic heterocycles. The van der Waals surface area contributed by atoms with E-state index >= 15 is 0 Å². The van der Waals surface area contributed by atoms with Crippen molar-refractivity contribution >= 4 is 57.3 Å². The summed E-state index contributed by atoms with van der Waals surface area (Å²) in [5.41, 5.74) is 2.89. The number of carbonyl (C=O) groups excluding carboxylic acids is 2. The van der Waals surface area contributed by atoms with Crippen molar-refractivity contribution in [1.29, 1.82) is 0 Å². The molecule has 0 aliphatic rings. The smallest absolute Gasteiger partial charge is 0.232 e. The van der Waals surface area contributed by atoms with Gasteiger partial charge in [0.15, 0.2) is 11.4 Å². The summed E-state index contributed by atoms with van der Waals surface area (Å²) < 4.78 is 0. The minimum atomic E-state index is -0.210. The third-order valence-corrected chi connectivity index (χ3v) is 4.23. The number of anilines is 2. The number of benzene rings is 1. The van der Waals surface area contributed by atoms with Crippen LogP contribution in [0.4, 0.5) is 22.2 Å². The number of nitrogens with one attached hydrogen (secondary N) is 2. The van der Waals surface area contributed by atoms with Crippen LogP contribution in [-0.4, -0.2) is 23.7 Å². The Labute approximate surface area is 148 Å². The van der Waals surface area contributed by atoms with E-state index in [9.17, 15) is 9.59 Å². The monoisotopic (exact) mass is 365 g/mol. The number of hydrogen-bond acceptors (Lipinski definition) is 7. The first-order valence-corrected chi connectivity index (χ1v) is 8.33. The molecule has 9 heteroatoms. The van der Waals surface area contributed by atoms with Gasteiger partial charge in [-0.15, -0.1) is 10.2 Å². The van der Waals surface area contributed by atoms with Crippen LogP contribution < -0.4 is 10.6 Å². The number of carbonyl (C=O) groups is 2. The summed E-state index contributed by atoms with van der Waals surface area (Å²) in [7, 11) is 0. The molecule has 7 nitrogen and oxygen atoms in total. The van der Waals surface area contributed by atoms with Gasteiger partial charge in [0.2, 0.25) is 11.0 Å². The lowest BCUT2D eigenvalue weighted by atomic mass is 10.1. The van der Waals surface area contributed by atoms with Gasteiger partial charge in [0.1, 0.15) is 10.6 Å².